The first-order valence-corrected chi connectivity index (χ1v) is 4.11. The molecule has 0 heterocycles. The van der Waals surface area contributed by atoms with Gasteiger partial charge in [-0.1, -0.05) is 17.7 Å². The van der Waals surface area contributed by atoms with Gasteiger partial charge in [0.25, 0.3) is 0 Å². The van der Waals surface area contributed by atoms with Crippen molar-refractivity contribution >= 4 is 21.1 Å². The monoisotopic (exact) mass is 162 g/mol. The molecule has 1 aromatic rings. The molecule has 0 unspecified atom stereocenters. The third-order valence-electron chi connectivity index (χ3n) is 1.73. The van der Waals surface area contributed by atoms with Crippen LogP contribution in [0.5, 0.6) is 0 Å². The van der Waals surface area contributed by atoms with Crippen LogP contribution in [0.3, 0.4) is 0 Å². The van der Waals surface area contributed by atoms with Crippen molar-refractivity contribution in [1.29, 1.82) is 0 Å². The highest BCUT2D eigenvalue weighted by atomic mass is 28.1. The lowest BCUT2D eigenvalue weighted by Gasteiger charge is -2.16. The number of nitrogens with zero attached hydrogens (tertiary/aromatic N) is 1. The Labute approximate surface area is 71.5 Å². The Bertz CT molecular complexity index is 256. The second kappa shape index (κ2) is 3.09. The molecule has 11 heavy (non-hydrogen) atoms. The van der Waals surface area contributed by atoms with E-state index in [0.717, 1.165) is 0 Å². The minimum Gasteiger partial charge on any atom is -0.378 e. The van der Waals surface area contributed by atoms with Crippen molar-refractivity contribution in [3.05, 3.63) is 23.8 Å². The van der Waals surface area contributed by atoms with Crippen LogP contribution in [0.2, 0.25) is 0 Å². The first kappa shape index (κ1) is 8.33. The minimum atomic E-state index is 1.18. The Hall–Kier alpha value is -0.763. The fourth-order valence-corrected chi connectivity index (χ4v) is 1.42. The van der Waals surface area contributed by atoms with E-state index in [1.807, 2.05) is 14.1 Å². The number of aryl methyl sites for hydroxylation is 1. The summed E-state index contributed by atoms with van der Waals surface area (Å²) < 4.78 is 0. The van der Waals surface area contributed by atoms with Crippen LogP contribution < -0.4 is 10.1 Å². The van der Waals surface area contributed by atoms with Gasteiger partial charge in [0, 0.05) is 19.8 Å². The molecular weight excluding hydrogens is 150 g/mol. The fourth-order valence-electron chi connectivity index (χ4n) is 1.02. The molecule has 3 radical (unpaired) electrons. The van der Waals surface area contributed by atoms with Gasteiger partial charge in [0.15, 0.2) is 0 Å². The Balaban J connectivity index is 3.17. The summed E-state index contributed by atoms with van der Waals surface area (Å²) in [6, 6.07) is 6.25. The molecule has 0 N–H and O–H groups in total. The van der Waals surface area contributed by atoms with Crippen LogP contribution >= 0.6 is 0 Å². The van der Waals surface area contributed by atoms with E-state index in [9.17, 15) is 0 Å². The molecule has 0 saturated heterocycles. The van der Waals surface area contributed by atoms with Crippen LogP contribution in [0.25, 0.3) is 0 Å². The van der Waals surface area contributed by atoms with Gasteiger partial charge in [-0.05, 0) is 18.2 Å². The molecule has 0 fully saturated rings. The van der Waals surface area contributed by atoms with E-state index >= 15 is 0 Å². The smallest absolute Gasteiger partial charge is 0.0745 e. The van der Waals surface area contributed by atoms with Crippen molar-refractivity contribution in [2.75, 3.05) is 19.0 Å². The molecule has 1 aromatic carbocycles. The molecule has 1 nitrogen and oxygen atoms in total. The van der Waals surface area contributed by atoms with Crippen molar-refractivity contribution in [1.82, 2.24) is 0 Å². The molecule has 0 aliphatic rings. The Morgan fingerprint density at radius 2 is 1.91 bits per heavy atom. The SMILES string of the molecule is Cc1cccc(N(C)C)c1[Si]. The van der Waals surface area contributed by atoms with E-state index in [2.05, 4.69) is 40.3 Å². The van der Waals surface area contributed by atoms with Gasteiger partial charge < -0.3 is 4.90 Å². The van der Waals surface area contributed by atoms with E-state index in [-0.39, 0.29) is 0 Å². The zero-order chi connectivity index (χ0) is 8.43. The summed E-state index contributed by atoms with van der Waals surface area (Å²) in [6.07, 6.45) is 0. The van der Waals surface area contributed by atoms with Gasteiger partial charge in [-0.15, -0.1) is 0 Å². The molecule has 1 rings (SSSR count). The minimum absolute atomic E-state index is 1.18. The zero-order valence-electron chi connectivity index (χ0n) is 7.18. The maximum absolute atomic E-state index is 3.59. The lowest BCUT2D eigenvalue weighted by atomic mass is 10.2. The van der Waals surface area contributed by atoms with Crippen LogP contribution in [0, 0.1) is 6.92 Å². The van der Waals surface area contributed by atoms with Gasteiger partial charge in [-0.3, -0.25) is 0 Å². The molecule has 2 heteroatoms. The van der Waals surface area contributed by atoms with E-state index < -0.39 is 0 Å². The van der Waals surface area contributed by atoms with Crippen molar-refractivity contribution < 1.29 is 0 Å². The van der Waals surface area contributed by atoms with Gasteiger partial charge in [-0.2, -0.15) is 0 Å². The van der Waals surface area contributed by atoms with Crippen molar-refractivity contribution in [3.8, 4) is 0 Å². The van der Waals surface area contributed by atoms with Gasteiger partial charge in [0.1, 0.15) is 0 Å². The topological polar surface area (TPSA) is 3.24 Å². The van der Waals surface area contributed by atoms with E-state index in [1.54, 1.807) is 0 Å². The normalized spacial score (nSPS) is 9.82. The van der Waals surface area contributed by atoms with Crippen LogP contribution in [0.4, 0.5) is 5.69 Å². The van der Waals surface area contributed by atoms with Crippen LogP contribution in [0.15, 0.2) is 18.2 Å². The third kappa shape index (κ3) is 1.63. The lowest BCUT2D eigenvalue weighted by Crippen LogP contribution is -2.20. The van der Waals surface area contributed by atoms with Gasteiger partial charge in [0.05, 0.1) is 10.2 Å². The average Bonchev–Trinajstić information content (AvgIpc) is 1.94. The highest BCUT2D eigenvalue weighted by molar-refractivity contribution is 6.36. The fraction of sp³-hybridized carbons (Fsp3) is 0.333. The lowest BCUT2D eigenvalue weighted by molar-refractivity contribution is 1.14. The Morgan fingerprint density at radius 3 is 2.36 bits per heavy atom. The van der Waals surface area contributed by atoms with Crippen molar-refractivity contribution in [2.24, 2.45) is 0 Å². The molecule has 0 aliphatic heterocycles. The second-order valence-corrected chi connectivity index (χ2v) is 3.36. The summed E-state index contributed by atoms with van der Waals surface area (Å²) in [4.78, 5) is 2.09. The molecule has 0 saturated carbocycles. The summed E-state index contributed by atoms with van der Waals surface area (Å²) in [6.45, 7) is 2.09. The Morgan fingerprint density at radius 1 is 1.27 bits per heavy atom. The van der Waals surface area contributed by atoms with E-state index in [0.29, 0.717) is 0 Å². The first-order chi connectivity index (χ1) is 5.13. The average molecular weight is 162 g/mol. The van der Waals surface area contributed by atoms with E-state index in [1.165, 1.54) is 16.4 Å². The molecule has 0 atom stereocenters. The third-order valence-corrected chi connectivity index (χ3v) is 2.38. The molecular formula is C9H12NSi. The number of benzene rings is 1. The maximum Gasteiger partial charge on any atom is 0.0745 e. The maximum atomic E-state index is 3.59. The Kier molecular flexibility index (Phi) is 2.34. The van der Waals surface area contributed by atoms with Crippen LogP contribution in [-0.2, 0) is 0 Å². The number of hydrogen-bond donors (Lipinski definition) is 0. The summed E-state index contributed by atoms with van der Waals surface area (Å²) in [5, 5.41) is 1.18. The van der Waals surface area contributed by atoms with Gasteiger partial charge in [0.2, 0.25) is 0 Å². The standard InChI is InChI=1S/C9H12NSi/c1-7-5-4-6-8(9(7)11)10(2)3/h4-6H,1-3H3. The predicted octanol–water partition coefficient (Wildman–Crippen LogP) is 0.855. The zero-order valence-corrected chi connectivity index (χ0v) is 8.18. The first-order valence-electron chi connectivity index (χ1n) is 3.61. The number of anilines is 1. The summed E-state index contributed by atoms with van der Waals surface area (Å²) >= 11 is 0. The molecule has 57 valence electrons. The van der Waals surface area contributed by atoms with Crippen molar-refractivity contribution in [2.45, 2.75) is 6.92 Å². The summed E-state index contributed by atoms with van der Waals surface area (Å²) in [7, 11) is 7.67. The molecule has 0 spiro atoms. The second-order valence-electron chi connectivity index (χ2n) is 2.86. The largest absolute Gasteiger partial charge is 0.378 e. The van der Waals surface area contributed by atoms with Crippen molar-refractivity contribution in [3.63, 3.8) is 0 Å². The summed E-state index contributed by atoms with van der Waals surface area (Å²) in [5.41, 5.74) is 2.49. The van der Waals surface area contributed by atoms with Crippen LogP contribution in [0.1, 0.15) is 5.56 Å². The van der Waals surface area contributed by atoms with Gasteiger partial charge in [-0.25, -0.2) is 0 Å². The molecule has 0 bridgehead atoms. The molecule has 0 aromatic heterocycles. The summed E-state index contributed by atoms with van der Waals surface area (Å²) in [5.74, 6) is 0. The predicted molar refractivity (Wildman–Crippen MR) is 50.9 cm³/mol. The van der Waals surface area contributed by atoms with Gasteiger partial charge >= 0.3 is 0 Å². The highest BCUT2D eigenvalue weighted by Gasteiger charge is 2.00. The van der Waals surface area contributed by atoms with E-state index in [4.69, 9.17) is 0 Å². The number of rotatable bonds is 1. The number of hydrogen-bond acceptors (Lipinski definition) is 1. The molecule has 0 amide bonds. The molecule has 0 aliphatic carbocycles. The van der Waals surface area contributed by atoms with Crippen LogP contribution in [-0.4, -0.2) is 24.3 Å². The highest BCUT2D eigenvalue weighted by Crippen LogP contribution is 2.07. The quantitative estimate of drug-likeness (QED) is 0.554.